The molecule has 1 saturated heterocycles. The predicted octanol–water partition coefficient (Wildman–Crippen LogP) is 0.902. The molecule has 1 fully saturated rings. The van der Waals surface area contributed by atoms with Crippen LogP contribution in [0.15, 0.2) is 11.6 Å². The minimum atomic E-state index is 0.148. The van der Waals surface area contributed by atoms with Crippen molar-refractivity contribution in [1.82, 2.24) is 4.90 Å². The lowest BCUT2D eigenvalue weighted by molar-refractivity contribution is -0.126. The molecule has 1 rings (SSSR count). The third-order valence-electron chi connectivity index (χ3n) is 2.36. The van der Waals surface area contributed by atoms with Crippen LogP contribution in [0.1, 0.15) is 26.7 Å². The minimum Gasteiger partial charge on any atom is -0.337 e. The number of hydrogen-bond acceptors (Lipinski definition) is 2. The Labute approximate surface area is 79.6 Å². The summed E-state index contributed by atoms with van der Waals surface area (Å²) in [4.78, 5) is 13.5. The number of carbonyl (C=O) groups excluding carboxylic acids is 1. The molecule has 1 heterocycles. The van der Waals surface area contributed by atoms with E-state index in [0.717, 1.165) is 25.0 Å². The Balaban J connectivity index is 2.53. The van der Waals surface area contributed by atoms with Gasteiger partial charge in [-0.1, -0.05) is 13.0 Å². The van der Waals surface area contributed by atoms with Crippen molar-refractivity contribution in [3.63, 3.8) is 0 Å². The number of carbonyl (C=O) groups is 1. The summed E-state index contributed by atoms with van der Waals surface area (Å²) in [6, 6.07) is 0.179. The van der Waals surface area contributed by atoms with Crippen molar-refractivity contribution in [3.8, 4) is 0 Å². The molecule has 2 N–H and O–H groups in total. The third-order valence-corrected chi connectivity index (χ3v) is 2.36. The van der Waals surface area contributed by atoms with Crippen molar-refractivity contribution in [3.05, 3.63) is 11.6 Å². The molecular formula is C10H18N2O. The molecule has 1 atom stereocenters. The summed E-state index contributed by atoms with van der Waals surface area (Å²) in [5, 5.41) is 0. The summed E-state index contributed by atoms with van der Waals surface area (Å²) < 4.78 is 0. The van der Waals surface area contributed by atoms with Crippen LogP contribution in [0.25, 0.3) is 0 Å². The van der Waals surface area contributed by atoms with Gasteiger partial charge in [0.25, 0.3) is 0 Å². The van der Waals surface area contributed by atoms with Gasteiger partial charge in [-0.2, -0.15) is 0 Å². The number of nitrogens with zero attached hydrogens (tertiary/aromatic N) is 1. The van der Waals surface area contributed by atoms with E-state index in [2.05, 4.69) is 0 Å². The zero-order chi connectivity index (χ0) is 9.84. The van der Waals surface area contributed by atoms with Gasteiger partial charge < -0.3 is 10.6 Å². The van der Waals surface area contributed by atoms with E-state index in [9.17, 15) is 4.79 Å². The van der Waals surface area contributed by atoms with Gasteiger partial charge in [0.2, 0.25) is 5.91 Å². The summed E-state index contributed by atoms with van der Waals surface area (Å²) in [5.74, 6) is 0.148. The molecule has 1 amide bonds. The molecule has 0 bridgehead atoms. The highest BCUT2D eigenvalue weighted by molar-refractivity contribution is 5.93. The van der Waals surface area contributed by atoms with E-state index < -0.39 is 0 Å². The molecular weight excluding hydrogens is 164 g/mol. The van der Waals surface area contributed by atoms with Crippen LogP contribution in [0.3, 0.4) is 0 Å². The Morgan fingerprint density at radius 3 is 2.85 bits per heavy atom. The molecule has 13 heavy (non-hydrogen) atoms. The summed E-state index contributed by atoms with van der Waals surface area (Å²) in [7, 11) is 0. The molecule has 1 aliphatic heterocycles. The maximum Gasteiger partial charge on any atom is 0.249 e. The van der Waals surface area contributed by atoms with Crippen LogP contribution in [0, 0.1) is 0 Å². The number of hydrogen-bond donors (Lipinski definition) is 1. The Morgan fingerprint density at radius 1 is 1.69 bits per heavy atom. The molecule has 0 spiro atoms. The second-order valence-corrected chi connectivity index (χ2v) is 3.60. The zero-order valence-corrected chi connectivity index (χ0v) is 8.42. The molecule has 0 radical (unpaired) electrons. The van der Waals surface area contributed by atoms with Gasteiger partial charge in [0.05, 0.1) is 0 Å². The molecule has 1 aliphatic rings. The van der Waals surface area contributed by atoms with E-state index >= 15 is 0 Å². The molecule has 3 nitrogen and oxygen atoms in total. The average molecular weight is 182 g/mol. The van der Waals surface area contributed by atoms with Crippen LogP contribution in [-0.4, -0.2) is 29.9 Å². The van der Waals surface area contributed by atoms with Gasteiger partial charge in [-0.3, -0.25) is 4.79 Å². The fraction of sp³-hybridized carbons (Fsp3) is 0.700. The SMILES string of the molecule is CC/C=C(/C)C(=O)N1CC[C@H](N)C1. The first-order valence-corrected chi connectivity index (χ1v) is 4.86. The van der Waals surface area contributed by atoms with E-state index in [0.29, 0.717) is 6.54 Å². The predicted molar refractivity (Wildman–Crippen MR) is 53.2 cm³/mol. The highest BCUT2D eigenvalue weighted by atomic mass is 16.2. The van der Waals surface area contributed by atoms with Gasteiger partial charge in [-0.25, -0.2) is 0 Å². The molecule has 0 aromatic heterocycles. The van der Waals surface area contributed by atoms with Crippen molar-refractivity contribution in [2.24, 2.45) is 5.73 Å². The molecule has 0 aromatic carbocycles. The largest absolute Gasteiger partial charge is 0.337 e. The molecule has 3 heteroatoms. The first kappa shape index (κ1) is 10.3. The summed E-state index contributed by atoms with van der Waals surface area (Å²) in [6.07, 6.45) is 3.81. The maximum absolute atomic E-state index is 11.7. The zero-order valence-electron chi connectivity index (χ0n) is 8.42. The van der Waals surface area contributed by atoms with E-state index in [1.807, 2.05) is 24.8 Å². The second kappa shape index (κ2) is 4.42. The van der Waals surface area contributed by atoms with Gasteiger partial charge >= 0.3 is 0 Å². The van der Waals surface area contributed by atoms with Crippen molar-refractivity contribution >= 4 is 5.91 Å². The van der Waals surface area contributed by atoms with Crippen LogP contribution in [0.5, 0.6) is 0 Å². The molecule has 0 aromatic rings. The summed E-state index contributed by atoms with van der Waals surface area (Å²) in [5.41, 5.74) is 6.57. The maximum atomic E-state index is 11.7. The summed E-state index contributed by atoms with van der Waals surface area (Å²) in [6.45, 7) is 5.44. The van der Waals surface area contributed by atoms with Crippen LogP contribution in [0.2, 0.25) is 0 Å². The minimum absolute atomic E-state index is 0.148. The molecule has 0 unspecified atom stereocenters. The highest BCUT2D eigenvalue weighted by Crippen LogP contribution is 2.11. The lowest BCUT2D eigenvalue weighted by atomic mass is 10.2. The monoisotopic (exact) mass is 182 g/mol. The van der Waals surface area contributed by atoms with Gasteiger partial charge in [0.15, 0.2) is 0 Å². The Hall–Kier alpha value is -0.830. The average Bonchev–Trinajstić information content (AvgIpc) is 2.51. The number of likely N-dealkylation sites (tertiary alicyclic amines) is 1. The van der Waals surface area contributed by atoms with Crippen LogP contribution in [-0.2, 0) is 4.79 Å². The van der Waals surface area contributed by atoms with Crippen LogP contribution >= 0.6 is 0 Å². The van der Waals surface area contributed by atoms with Gasteiger partial charge in [0, 0.05) is 24.7 Å². The summed E-state index contributed by atoms with van der Waals surface area (Å²) >= 11 is 0. The number of amides is 1. The van der Waals surface area contributed by atoms with Gasteiger partial charge in [-0.15, -0.1) is 0 Å². The number of rotatable bonds is 2. The van der Waals surface area contributed by atoms with Crippen LogP contribution in [0.4, 0.5) is 0 Å². The standard InChI is InChI=1S/C10H18N2O/c1-3-4-8(2)10(13)12-6-5-9(11)7-12/h4,9H,3,5-7,11H2,1-2H3/b8-4-/t9-/m0/s1. The van der Waals surface area contributed by atoms with Crippen molar-refractivity contribution < 1.29 is 4.79 Å². The fourth-order valence-electron chi connectivity index (χ4n) is 1.61. The number of allylic oxidation sites excluding steroid dienone is 1. The first-order valence-electron chi connectivity index (χ1n) is 4.86. The third kappa shape index (κ3) is 2.56. The van der Waals surface area contributed by atoms with Crippen molar-refractivity contribution in [2.45, 2.75) is 32.7 Å². The van der Waals surface area contributed by atoms with Crippen molar-refractivity contribution in [2.75, 3.05) is 13.1 Å². The lowest BCUT2D eigenvalue weighted by Crippen LogP contribution is -2.32. The van der Waals surface area contributed by atoms with Gasteiger partial charge in [-0.05, 0) is 19.8 Å². The van der Waals surface area contributed by atoms with E-state index in [4.69, 9.17) is 5.73 Å². The molecule has 0 aliphatic carbocycles. The van der Waals surface area contributed by atoms with Gasteiger partial charge in [0.1, 0.15) is 0 Å². The first-order chi connectivity index (χ1) is 6.15. The van der Waals surface area contributed by atoms with E-state index in [-0.39, 0.29) is 11.9 Å². The smallest absolute Gasteiger partial charge is 0.249 e. The molecule has 0 saturated carbocycles. The Bertz CT molecular complexity index is 223. The quantitative estimate of drug-likeness (QED) is 0.645. The fourth-order valence-corrected chi connectivity index (χ4v) is 1.61. The normalized spacial score (nSPS) is 23.8. The second-order valence-electron chi connectivity index (χ2n) is 3.60. The topological polar surface area (TPSA) is 46.3 Å². The lowest BCUT2D eigenvalue weighted by Gasteiger charge is -2.15. The molecule has 74 valence electrons. The Kier molecular flexibility index (Phi) is 3.48. The van der Waals surface area contributed by atoms with Crippen molar-refractivity contribution in [1.29, 1.82) is 0 Å². The van der Waals surface area contributed by atoms with Crippen LogP contribution < -0.4 is 5.73 Å². The van der Waals surface area contributed by atoms with E-state index in [1.54, 1.807) is 0 Å². The highest BCUT2D eigenvalue weighted by Gasteiger charge is 2.23. The number of nitrogens with two attached hydrogens (primary N) is 1. The van der Waals surface area contributed by atoms with E-state index in [1.165, 1.54) is 0 Å². The Morgan fingerprint density at radius 2 is 2.38 bits per heavy atom.